The summed E-state index contributed by atoms with van der Waals surface area (Å²) in [6, 6.07) is 5.84. The van der Waals surface area contributed by atoms with Crippen molar-refractivity contribution in [1.29, 1.82) is 0 Å². The second-order valence-corrected chi connectivity index (χ2v) is 3.61. The van der Waals surface area contributed by atoms with Crippen LogP contribution in [0.1, 0.15) is 13.8 Å². The summed E-state index contributed by atoms with van der Waals surface area (Å²) < 4.78 is 33.4. The molecule has 0 unspecified atom stereocenters. The van der Waals surface area contributed by atoms with E-state index >= 15 is 0 Å². The lowest BCUT2D eigenvalue weighted by Gasteiger charge is -2.20. The second kappa shape index (κ2) is 4.84. The van der Waals surface area contributed by atoms with Crippen LogP contribution in [0.4, 0.5) is 8.78 Å². The fourth-order valence-corrected chi connectivity index (χ4v) is 1.01. The van der Waals surface area contributed by atoms with Gasteiger partial charge in [-0.3, -0.25) is 0 Å². The van der Waals surface area contributed by atoms with E-state index < -0.39 is 12.2 Å². The SMILES string of the molecule is C#CC(C)(C)Oc1ccc(OC(F)F)cc1. The van der Waals surface area contributed by atoms with E-state index in [0.29, 0.717) is 5.75 Å². The van der Waals surface area contributed by atoms with Crippen molar-refractivity contribution >= 4 is 0 Å². The standard InChI is InChI=1S/C12H12F2O2/c1-4-12(2,3)16-10-7-5-9(6-8-10)15-11(13)14/h1,5-8,11H,2-3H3. The number of benzene rings is 1. The molecule has 0 amide bonds. The lowest BCUT2D eigenvalue weighted by Crippen LogP contribution is -2.25. The first kappa shape index (κ1) is 12.3. The van der Waals surface area contributed by atoms with Gasteiger partial charge in [0.2, 0.25) is 0 Å². The Kier molecular flexibility index (Phi) is 3.73. The summed E-state index contributed by atoms with van der Waals surface area (Å²) in [4.78, 5) is 0. The van der Waals surface area contributed by atoms with Crippen molar-refractivity contribution in [2.75, 3.05) is 0 Å². The van der Waals surface area contributed by atoms with Crippen molar-refractivity contribution < 1.29 is 18.3 Å². The molecule has 0 aliphatic rings. The molecule has 0 aliphatic heterocycles. The lowest BCUT2D eigenvalue weighted by molar-refractivity contribution is -0.0499. The van der Waals surface area contributed by atoms with Crippen molar-refractivity contribution in [2.45, 2.75) is 26.1 Å². The van der Waals surface area contributed by atoms with Crippen LogP contribution in [-0.2, 0) is 0 Å². The van der Waals surface area contributed by atoms with Gasteiger partial charge in [0.05, 0.1) is 0 Å². The molecule has 0 N–H and O–H groups in total. The van der Waals surface area contributed by atoms with E-state index in [1.807, 2.05) is 0 Å². The minimum atomic E-state index is -2.83. The third kappa shape index (κ3) is 3.77. The van der Waals surface area contributed by atoms with Crippen LogP contribution in [0, 0.1) is 12.3 Å². The molecule has 2 nitrogen and oxygen atoms in total. The number of hydrogen-bond acceptors (Lipinski definition) is 2. The van der Waals surface area contributed by atoms with Gasteiger partial charge in [0.25, 0.3) is 0 Å². The molecule has 0 saturated heterocycles. The minimum Gasteiger partial charge on any atom is -0.475 e. The van der Waals surface area contributed by atoms with Gasteiger partial charge in [0.1, 0.15) is 11.5 Å². The maximum absolute atomic E-state index is 11.9. The number of hydrogen-bond donors (Lipinski definition) is 0. The van der Waals surface area contributed by atoms with E-state index in [1.165, 1.54) is 24.3 Å². The first-order chi connectivity index (χ1) is 7.43. The van der Waals surface area contributed by atoms with E-state index in [-0.39, 0.29) is 5.75 Å². The van der Waals surface area contributed by atoms with Gasteiger partial charge in [-0.25, -0.2) is 0 Å². The van der Waals surface area contributed by atoms with Gasteiger partial charge in [-0.2, -0.15) is 8.78 Å². The molecule has 0 saturated carbocycles. The maximum atomic E-state index is 11.9. The van der Waals surface area contributed by atoms with E-state index in [1.54, 1.807) is 13.8 Å². The Morgan fingerprint density at radius 1 is 1.19 bits per heavy atom. The zero-order valence-electron chi connectivity index (χ0n) is 9.04. The number of ether oxygens (including phenoxy) is 2. The molecule has 1 aromatic carbocycles. The molecule has 0 aromatic heterocycles. The monoisotopic (exact) mass is 226 g/mol. The molecular weight excluding hydrogens is 214 g/mol. The van der Waals surface area contributed by atoms with Crippen molar-refractivity contribution in [1.82, 2.24) is 0 Å². The minimum absolute atomic E-state index is 0.0841. The number of halogens is 2. The summed E-state index contributed by atoms with van der Waals surface area (Å²) in [5, 5.41) is 0. The summed E-state index contributed by atoms with van der Waals surface area (Å²) in [6.45, 7) is 0.640. The molecule has 1 rings (SSSR count). The van der Waals surface area contributed by atoms with Crippen LogP contribution in [0.3, 0.4) is 0 Å². The third-order valence-corrected chi connectivity index (χ3v) is 1.77. The molecule has 0 atom stereocenters. The predicted molar refractivity (Wildman–Crippen MR) is 56.6 cm³/mol. The van der Waals surface area contributed by atoms with E-state index in [9.17, 15) is 8.78 Å². The van der Waals surface area contributed by atoms with E-state index in [0.717, 1.165) is 0 Å². The average molecular weight is 226 g/mol. The summed E-state index contributed by atoms with van der Waals surface area (Å²) in [5.41, 5.74) is -0.731. The Bertz CT molecular complexity index is 377. The van der Waals surface area contributed by atoms with Crippen LogP contribution in [0.2, 0.25) is 0 Å². The third-order valence-electron chi connectivity index (χ3n) is 1.77. The fourth-order valence-electron chi connectivity index (χ4n) is 1.01. The van der Waals surface area contributed by atoms with Gasteiger partial charge in [-0.15, -0.1) is 6.42 Å². The second-order valence-electron chi connectivity index (χ2n) is 3.61. The largest absolute Gasteiger partial charge is 0.475 e. The molecule has 4 heteroatoms. The van der Waals surface area contributed by atoms with Crippen molar-refractivity contribution in [3.8, 4) is 23.8 Å². The van der Waals surface area contributed by atoms with Crippen molar-refractivity contribution in [3.63, 3.8) is 0 Å². The van der Waals surface area contributed by atoms with Gasteiger partial charge < -0.3 is 9.47 Å². The first-order valence-electron chi connectivity index (χ1n) is 4.64. The van der Waals surface area contributed by atoms with Gasteiger partial charge in [0, 0.05) is 0 Å². The average Bonchev–Trinajstić information content (AvgIpc) is 2.20. The Morgan fingerprint density at radius 2 is 1.69 bits per heavy atom. The first-order valence-corrected chi connectivity index (χ1v) is 4.64. The Labute approximate surface area is 93.2 Å². The maximum Gasteiger partial charge on any atom is 0.387 e. The number of rotatable bonds is 4. The summed E-state index contributed by atoms with van der Waals surface area (Å²) in [7, 11) is 0. The molecule has 1 aromatic rings. The zero-order valence-corrected chi connectivity index (χ0v) is 9.04. The highest BCUT2D eigenvalue weighted by Crippen LogP contribution is 2.22. The molecule has 0 bridgehead atoms. The quantitative estimate of drug-likeness (QED) is 0.734. The van der Waals surface area contributed by atoms with Crippen LogP contribution in [0.25, 0.3) is 0 Å². The van der Waals surface area contributed by atoms with E-state index in [4.69, 9.17) is 11.2 Å². The zero-order chi connectivity index (χ0) is 12.2. The summed E-state index contributed by atoms with van der Waals surface area (Å²) >= 11 is 0. The molecule has 0 spiro atoms. The number of terminal acetylenes is 1. The fraction of sp³-hybridized carbons (Fsp3) is 0.333. The molecule has 0 heterocycles. The molecular formula is C12H12F2O2. The van der Waals surface area contributed by atoms with Gasteiger partial charge >= 0.3 is 6.61 Å². The van der Waals surface area contributed by atoms with Gasteiger partial charge in [-0.1, -0.05) is 5.92 Å². The molecule has 16 heavy (non-hydrogen) atoms. The molecule has 0 aliphatic carbocycles. The summed E-state index contributed by atoms with van der Waals surface area (Å²) in [5.74, 6) is 3.05. The van der Waals surface area contributed by atoms with Crippen LogP contribution in [0.15, 0.2) is 24.3 Å². The van der Waals surface area contributed by atoms with Crippen LogP contribution in [-0.4, -0.2) is 12.2 Å². The van der Waals surface area contributed by atoms with Crippen LogP contribution < -0.4 is 9.47 Å². The highest BCUT2D eigenvalue weighted by Gasteiger charge is 2.15. The van der Waals surface area contributed by atoms with Crippen molar-refractivity contribution in [3.05, 3.63) is 24.3 Å². The van der Waals surface area contributed by atoms with Gasteiger partial charge in [0.15, 0.2) is 5.60 Å². The van der Waals surface area contributed by atoms with E-state index in [2.05, 4.69) is 10.7 Å². The Balaban J connectivity index is 2.69. The molecule has 0 fully saturated rings. The van der Waals surface area contributed by atoms with Crippen LogP contribution in [0.5, 0.6) is 11.5 Å². The Morgan fingerprint density at radius 3 is 2.12 bits per heavy atom. The number of alkyl halides is 2. The summed E-state index contributed by atoms with van der Waals surface area (Å²) in [6.07, 6.45) is 5.25. The van der Waals surface area contributed by atoms with Crippen molar-refractivity contribution in [2.24, 2.45) is 0 Å². The Hall–Kier alpha value is -1.76. The normalized spacial score (nSPS) is 11.0. The predicted octanol–water partition coefficient (Wildman–Crippen LogP) is 3.08. The smallest absolute Gasteiger partial charge is 0.387 e. The van der Waals surface area contributed by atoms with Gasteiger partial charge in [-0.05, 0) is 38.1 Å². The molecule has 0 radical (unpaired) electrons. The lowest BCUT2D eigenvalue weighted by atomic mass is 10.1. The topological polar surface area (TPSA) is 18.5 Å². The van der Waals surface area contributed by atoms with Crippen LogP contribution >= 0.6 is 0 Å². The highest BCUT2D eigenvalue weighted by molar-refractivity contribution is 5.32. The highest BCUT2D eigenvalue weighted by atomic mass is 19.3. The molecule has 86 valence electrons.